The van der Waals surface area contributed by atoms with Crippen molar-refractivity contribution in [2.45, 2.75) is 45.2 Å². The van der Waals surface area contributed by atoms with Gasteiger partial charge in [0.1, 0.15) is 10.8 Å². The van der Waals surface area contributed by atoms with Gasteiger partial charge in [0.2, 0.25) is 0 Å². The Morgan fingerprint density at radius 2 is 1.85 bits per heavy atom. The highest BCUT2D eigenvalue weighted by atomic mass is 32.1. The number of nitrogens with zero attached hydrogens (tertiary/aromatic N) is 2. The molecule has 0 saturated carbocycles. The van der Waals surface area contributed by atoms with E-state index in [1.165, 1.54) is 42.8 Å². The first kappa shape index (κ1) is 24.5. The Kier molecular flexibility index (Phi) is 8.42. The second kappa shape index (κ2) is 11.7. The van der Waals surface area contributed by atoms with Crippen molar-refractivity contribution in [2.24, 2.45) is 5.73 Å². The molecule has 0 radical (unpaired) electrons. The minimum Gasteiger partial charge on any atom is -0.497 e. The van der Waals surface area contributed by atoms with Crippen LogP contribution in [0.2, 0.25) is 0 Å². The van der Waals surface area contributed by atoms with Gasteiger partial charge >= 0.3 is 6.03 Å². The Hall–Kier alpha value is -2.62. The maximum absolute atomic E-state index is 12.5. The van der Waals surface area contributed by atoms with Gasteiger partial charge in [-0.3, -0.25) is 15.0 Å². The van der Waals surface area contributed by atoms with Crippen LogP contribution in [0.3, 0.4) is 0 Å². The van der Waals surface area contributed by atoms with Crippen molar-refractivity contribution in [1.82, 2.24) is 15.1 Å². The summed E-state index contributed by atoms with van der Waals surface area (Å²) >= 11 is 1.46. The standard InChI is InChI=1S/C25H35N5O3S/c1-33-19-8-6-18(7-9-19)16-30-15-10-20-21(17-30)34-24(22(20)23(26)31)28-25(32)27-11-2-3-12-29-13-4-5-14-29/h6-9H,2-5,10-17H2,1H3,(H2,26,31)(H2,27,28,32). The fraction of sp³-hybridized carbons (Fsp3) is 0.520. The monoisotopic (exact) mass is 485 g/mol. The molecule has 0 spiro atoms. The first-order chi connectivity index (χ1) is 16.5. The summed E-state index contributed by atoms with van der Waals surface area (Å²) in [6, 6.07) is 7.79. The molecule has 2 aliphatic rings. The molecule has 184 valence electrons. The van der Waals surface area contributed by atoms with Gasteiger partial charge in [-0.05, 0) is 75.0 Å². The van der Waals surface area contributed by atoms with Crippen LogP contribution in [-0.4, -0.2) is 61.6 Å². The summed E-state index contributed by atoms with van der Waals surface area (Å²) in [5, 5.41) is 6.36. The smallest absolute Gasteiger partial charge is 0.319 e. The second-order valence-electron chi connectivity index (χ2n) is 9.02. The Bertz CT molecular complexity index is 985. The number of anilines is 1. The lowest BCUT2D eigenvalue weighted by atomic mass is 10.0. The quantitative estimate of drug-likeness (QED) is 0.448. The van der Waals surface area contributed by atoms with Gasteiger partial charge in [0.05, 0.1) is 12.7 Å². The molecule has 0 bridgehead atoms. The van der Waals surface area contributed by atoms with Gasteiger partial charge < -0.3 is 20.7 Å². The Balaban J connectivity index is 1.30. The van der Waals surface area contributed by atoms with Crippen LogP contribution in [0.5, 0.6) is 5.75 Å². The van der Waals surface area contributed by atoms with Crippen LogP contribution >= 0.6 is 11.3 Å². The number of methoxy groups -OCH3 is 1. The molecule has 3 heterocycles. The van der Waals surface area contributed by atoms with Gasteiger partial charge in [-0.15, -0.1) is 11.3 Å². The van der Waals surface area contributed by atoms with E-state index in [0.29, 0.717) is 17.1 Å². The normalized spacial score (nSPS) is 16.3. The molecule has 2 aliphatic heterocycles. The second-order valence-corrected chi connectivity index (χ2v) is 10.1. The average Bonchev–Trinajstić information content (AvgIpc) is 3.46. The lowest BCUT2D eigenvalue weighted by molar-refractivity contribution is 0.0999. The van der Waals surface area contributed by atoms with Crippen molar-refractivity contribution in [1.29, 1.82) is 0 Å². The summed E-state index contributed by atoms with van der Waals surface area (Å²) in [7, 11) is 1.66. The van der Waals surface area contributed by atoms with E-state index in [9.17, 15) is 9.59 Å². The van der Waals surface area contributed by atoms with E-state index in [2.05, 4.69) is 32.6 Å². The number of amides is 3. The molecule has 8 nitrogen and oxygen atoms in total. The minimum atomic E-state index is -0.484. The molecule has 2 aromatic rings. The molecule has 4 N–H and O–H groups in total. The summed E-state index contributed by atoms with van der Waals surface area (Å²) < 4.78 is 5.24. The lowest BCUT2D eigenvalue weighted by Gasteiger charge is -2.27. The first-order valence-electron chi connectivity index (χ1n) is 12.1. The third-order valence-electron chi connectivity index (χ3n) is 6.56. The van der Waals surface area contributed by atoms with E-state index in [1.54, 1.807) is 7.11 Å². The highest BCUT2D eigenvalue weighted by molar-refractivity contribution is 7.17. The topological polar surface area (TPSA) is 99.9 Å². The number of nitrogens with one attached hydrogen (secondary N) is 2. The fourth-order valence-electron chi connectivity index (χ4n) is 4.75. The van der Waals surface area contributed by atoms with Crippen LogP contribution in [-0.2, 0) is 19.5 Å². The molecule has 0 unspecified atom stereocenters. The third-order valence-corrected chi connectivity index (χ3v) is 7.69. The van der Waals surface area contributed by atoms with Crippen molar-refractivity contribution in [3.8, 4) is 5.75 Å². The van der Waals surface area contributed by atoms with E-state index >= 15 is 0 Å². The third kappa shape index (κ3) is 6.28. The van der Waals surface area contributed by atoms with Crippen molar-refractivity contribution in [3.05, 3.63) is 45.8 Å². The van der Waals surface area contributed by atoms with Crippen LogP contribution in [0, 0.1) is 0 Å². The Morgan fingerprint density at radius 1 is 1.09 bits per heavy atom. The highest BCUT2D eigenvalue weighted by Crippen LogP contribution is 2.37. The molecular formula is C25H35N5O3S. The number of nitrogens with two attached hydrogens (primary N) is 1. The number of carbonyl (C=O) groups is 2. The lowest BCUT2D eigenvalue weighted by Crippen LogP contribution is -2.31. The number of unbranched alkanes of at least 4 members (excludes halogenated alkanes) is 1. The van der Waals surface area contributed by atoms with Crippen LogP contribution in [0.4, 0.5) is 9.80 Å². The van der Waals surface area contributed by atoms with Crippen molar-refractivity contribution in [3.63, 3.8) is 0 Å². The van der Waals surface area contributed by atoms with E-state index < -0.39 is 5.91 Å². The number of benzene rings is 1. The largest absolute Gasteiger partial charge is 0.497 e. The summed E-state index contributed by atoms with van der Waals surface area (Å²) in [5.41, 5.74) is 8.36. The maximum Gasteiger partial charge on any atom is 0.319 e. The molecule has 3 amide bonds. The SMILES string of the molecule is COc1ccc(CN2CCc3c(sc(NC(=O)NCCCCN4CCCC4)c3C(N)=O)C2)cc1. The van der Waals surface area contributed by atoms with Gasteiger partial charge in [-0.2, -0.15) is 0 Å². The highest BCUT2D eigenvalue weighted by Gasteiger charge is 2.27. The Labute approximate surface area is 205 Å². The molecular weight excluding hydrogens is 450 g/mol. The number of carbonyl (C=O) groups excluding carboxylic acids is 2. The van der Waals surface area contributed by atoms with E-state index in [4.69, 9.17) is 10.5 Å². The van der Waals surface area contributed by atoms with Crippen LogP contribution in [0.1, 0.15) is 52.0 Å². The van der Waals surface area contributed by atoms with Crippen LogP contribution in [0.15, 0.2) is 24.3 Å². The zero-order valence-corrected chi connectivity index (χ0v) is 20.7. The summed E-state index contributed by atoms with van der Waals surface area (Å²) in [4.78, 5) is 30.6. The summed E-state index contributed by atoms with van der Waals surface area (Å²) in [6.07, 6.45) is 5.35. The molecule has 1 aromatic carbocycles. The predicted molar refractivity (Wildman–Crippen MR) is 136 cm³/mol. The number of thiophene rings is 1. The predicted octanol–water partition coefficient (Wildman–Crippen LogP) is 3.41. The molecule has 1 aromatic heterocycles. The molecule has 34 heavy (non-hydrogen) atoms. The number of likely N-dealkylation sites (tertiary alicyclic amines) is 1. The zero-order valence-electron chi connectivity index (χ0n) is 19.9. The number of hydrogen-bond acceptors (Lipinski definition) is 6. The Morgan fingerprint density at radius 3 is 2.56 bits per heavy atom. The van der Waals surface area contributed by atoms with Crippen molar-refractivity contribution < 1.29 is 14.3 Å². The number of hydrogen-bond donors (Lipinski definition) is 3. The zero-order chi connectivity index (χ0) is 23.9. The maximum atomic E-state index is 12.5. The molecule has 0 aliphatic carbocycles. The number of primary amides is 1. The molecule has 1 saturated heterocycles. The summed E-state index contributed by atoms with van der Waals surface area (Å²) in [6.45, 7) is 6.49. The molecule has 0 atom stereocenters. The van der Waals surface area contributed by atoms with Crippen molar-refractivity contribution in [2.75, 3.05) is 45.2 Å². The van der Waals surface area contributed by atoms with Gasteiger partial charge in [-0.25, -0.2) is 4.79 Å². The van der Waals surface area contributed by atoms with Gasteiger partial charge in [-0.1, -0.05) is 12.1 Å². The van der Waals surface area contributed by atoms with Gasteiger partial charge in [0.15, 0.2) is 0 Å². The molecule has 4 rings (SSSR count). The van der Waals surface area contributed by atoms with Crippen LogP contribution in [0.25, 0.3) is 0 Å². The fourth-order valence-corrected chi connectivity index (χ4v) is 6.04. The number of urea groups is 1. The minimum absolute atomic E-state index is 0.280. The van der Waals surface area contributed by atoms with E-state index in [-0.39, 0.29) is 6.03 Å². The van der Waals surface area contributed by atoms with Gasteiger partial charge in [0, 0.05) is 31.1 Å². The average molecular weight is 486 g/mol. The number of ether oxygens (including phenoxy) is 1. The molecule has 1 fully saturated rings. The van der Waals surface area contributed by atoms with Crippen molar-refractivity contribution >= 4 is 28.3 Å². The molecule has 9 heteroatoms. The van der Waals surface area contributed by atoms with Gasteiger partial charge in [0.25, 0.3) is 5.91 Å². The van der Waals surface area contributed by atoms with E-state index in [1.807, 2.05) is 12.1 Å². The first-order valence-corrected chi connectivity index (χ1v) is 12.9. The number of fused-ring (bicyclic) bond motifs is 1. The summed E-state index contributed by atoms with van der Waals surface area (Å²) in [5.74, 6) is 0.358. The van der Waals surface area contributed by atoms with Crippen LogP contribution < -0.4 is 21.1 Å². The van der Waals surface area contributed by atoms with E-state index in [0.717, 1.165) is 61.6 Å². The number of rotatable bonds is 10.